The van der Waals surface area contributed by atoms with Crippen LogP contribution in [-0.4, -0.2) is 46.1 Å². The van der Waals surface area contributed by atoms with Crippen molar-refractivity contribution in [2.45, 2.75) is 64.6 Å². The fourth-order valence-electron chi connectivity index (χ4n) is 6.64. The maximum absolute atomic E-state index is 12.8. The predicted octanol–water partition coefficient (Wildman–Crippen LogP) is 2.19. The summed E-state index contributed by atoms with van der Waals surface area (Å²) in [5.74, 6) is -1.11. The van der Waals surface area contributed by atoms with E-state index in [-0.39, 0.29) is 18.1 Å². The van der Waals surface area contributed by atoms with Crippen LogP contribution < -0.4 is 0 Å². The minimum absolute atomic E-state index is 0.0276. The summed E-state index contributed by atoms with van der Waals surface area (Å²) in [5.41, 5.74) is 0.342. The van der Waals surface area contributed by atoms with Gasteiger partial charge in [0.15, 0.2) is 11.4 Å². The van der Waals surface area contributed by atoms with E-state index in [1.165, 1.54) is 6.92 Å². The molecule has 0 radical (unpaired) electrons. The average molecular weight is 400 g/mol. The zero-order valence-corrected chi connectivity index (χ0v) is 17.2. The van der Waals surface area contributed by atoms with Gasteiger partial charge in [0.2, 0.25) is 5.78 Å². The van der Waals surface area contributed by atoms with Crippen LogP contribution in [0.15, 0.2) is 34.9 Å². The molecule has 4 aliphatic rings. The molecule has 4 rings (SSSR count). The van der Waals surface area contributed by atoms with Crippen LogP contribution >= 0.6 is 0 Å². The fraction of sp³-hybridized carbons (Fsp3) is 0.609. The number of ketones is 2. The normalized spacial score (nSPS) is 40.7. The number of carbonyl (C=O) groups excluding carboxylic acids is 3. The van der Waals surface area contributed by atoms with Crippen molar-refractivity contribution in [2.24, 2.45) is 16.7 Å². The number of ether oxygens (including phenoxy) is 1. The Morgan fingerprint density at radius 2 is 2.00 bits per heavy atom. The Hall–Kier alpha value is -2.05. The zero-order chi connectivity index (χ0) is 21.2. The number of Topliss-reactive ketones (excluding diaryl/α,β-unsaturated/α-hetero) is 1. The molecule has 1 saturated carbocycles. The van der Waals surface area contributed by atoms with Gasteiger partial charge in [0.25, 0.3) is 0 Å². The van der Waals surface area contributed by atoms with Crippen molar-refractivity contribution >= 4 is 17.5 Å². The first-order valence-corrected chi connectivity index (χ1v) is 10.3. The van der Waals surface area contributed by atoms with Crippen LogP contribution in [0.2, 0.25) is 0 Å². The predicted molar refractivity (Wildman–Crippen MR) is 105 cm³/mol. The number of carbonyl (C=O) groups is 3. The molecule has 1 fully saturated rings. The number of aliphatic hydroxyl groups excluding tert-OH is 2. The molecular formula is C23H28O6. The lowest BCUT2D eigenvalue weighted by Crippen LogP contribution is -2.58. The second kappa shape index (κ2) is 6.47. The summed E-state index contributed by atoms with van der Waals surface area (Å²) in [6.45, 7) is 4.51. The van der Waals surface area contributed by atoms with Crippen molar-refractivity contribution in [1.29, 1.82) is 0 Å². The Morgan fingerprint density at radius 3 is 2.66 bits per heavy atom. The van der Waals surface area contributed by atoms with Crippen molar-refractivity contribution < 1.29 is 29.3 Å². The highest BCUT2D eigenvalue weighted by atomic mass is 16.6. The molecule has 0 bridgehead atoms. The molecule has 0 aromatic carbocycles. The van der Waals surface area contributed by atoms with Crippen LogP contribution in [0.5, 0.6) is 0 Å². The van der Waals surface area contributed by atoms with Crippen LogP contribution in [-0.2, 0) is 19.1 Å². The van der Waals surface area contributed by atoms with Gasteiger partial charge in [0.1, 0.15) is 6.61 Å². The van der Waals surface area contributed by atoms with E-state index >= 15 is 0 Å². The van der Waals surface area contributed by atoms with Gasteiger partial charge < -0.3 is 14.9 Å². The van der Waals surface area contributed by atoms with E-state index in [0.29, 0.717) is 19.3 Å². The van der Waals surface area contributed by atoms with Crippen LogP contribution in [0.25, 0.3) is 0 Å². The molecule has 4 aliphatic carbocycles. The standard InChI is InChI=1S/C23H28O6/c1-13(25)29-23(19(28)12-24)9-7-17-16-5-4-14-10-15(26)6-8-21(14,2)20(16)18(27)11-22(17,23)3/h6,8,10,17-18,24,27H,4-5,7,9,11-12H2,1-3H3/t17-,18-,21-,22-,23-/m0/s1. The minimum atomic E-state index is -1.42. The smallest absolute Gasteiger partial charge is 0.303 e. The first-order valence-electron chi connectivity index (χ1n) is 10.3. The van der Waals surface area contributed by atoms with Gasteiger partial charge in [-0.3, -0.25) is 14.4 Å². The number of fused-ring (bicyclic) bond motifs is 4. The number of aliphatic hydroxyl groups is 2. The van der Waals surface area contributed by atoms with E-state index in [9.17, 15) is 24.6 Å². The largest absolute Gasteiger partial charge is 0.451 e. The molecule has 0 saturated heterocycles. The number of hydrogen-bond donors (Lipinski definition) is 2. The molecule has 0 spiro atoms. The second-order valence-electron chi connectivity index (χ2n) is 9.28. The van der Waals surface area contributed by atoms with Gasteiger partial charge in [-0.1, -0.05) is 24.1 Å². The summed E-state index contributed by atoms with van der Waals surface area (Å²) < 4.78 is 5.65. The number of allylic oxidation sites excluding steroid dienone is 5. The first kappa shape index (κ1) is 20.2. The molecule has 0 aromatic heterocycles. The van der Waals surface area contributed by atoms with Crippen LogP contribution in [0, 0.1) is 16.7 Å². The zero-order valence-electron chi connectivity index (χ0n) is 17.2. The lowest BCUT2D eigenvalue weighted by atomic mass is 9.52. The lowest BCUT2D eigenvalue weighted by molar-refractivity contribution is -0.184. The molecule has 0 aliphatic heterocycles. The summed E-state index contributed by atoms with van der Waals surface area (Å²) in [7, 11) is 0. The molecule has 2 N–H and O–H groups in total. The highest BCUT2D eigenvalue weighted by molar-refractivity contribution is 6.01. The Kier molecular flexibility index (Phi) is 4.52. The van der Waals surface area contributed by atoms with E-state index in [4.69, 9.17) is 4.74 Å². The van der Waals surface area contributed by atoms with Crippen molar-refractivity contribution in [1.82, 2.24) is 0 Å². The number of hydrogen-bond acceptors (Lipinski definition) is 6. The quantitative estimate of drug-likeness (QED) is 0.556. The Balaban J connectivity index is 1.85. The lowest BCUT2D eigenvalue weighted by Gasteiger charge is -2.53. The molecule has 0 unspecified atom stereocenters. The summed E-state index contributed by atoms with van der Waals surface area (Å²) in [5, 5.41) is 20.9. The van der Waals surface area contributed by atoms with Gasteiger partial charge in [-0.2, -0.15) is 0 Å². The van der Waals surface area contributed by atoms with Crippen LogP contribution in [0.3, 0.4) is 0 Å². The molecule has 0 aromatic rings. The van der Waals surface area contributed by atoms with E-state index in [1.54, 1.807) is 12.2 Å². The van der Waals surface area contributed by atoms with Crippen molar-refractivity contribution in [3.63, 3.8) is 0 Å². The monoisotopic (exact) mass is 400 g/mol. The first-order chi connectivity index (χ1) is 13.6. The summed E-state index contributed by atoms with van der Waals surface area (Å²) in [6.07, 6.45) is 6.99. The molecule has 156 valence electrons. The fourth-order valence-corrected chi connectivity index (χ4v) is 6.64. The third-order valence-corrected chi connectivity index (χ3v) is 7.89. The van der Waals surface area contributed by atoms with E-state index in [2.05, 4.69) is 0 Å². The third kappa shape index (κ3) is 2.58. The van der Waals surface area contributed by atoms with Gasteiger partial charge in [0, 0.05) is 17.8 Å². The van der Waals surface area contributed by atoms with E-state index < -0.39 is 40.9 Å². The third-order valence-electron chi connectivity index (χ3n) is 7.89. The van der Waals surface area contributed by atoms with Crippen molar-refractivity contribution in [3.8, 4) is 0 Å². The molecule has 0 heterocycles. The van der Waals surface area contributed by atoms with E-state index in [0.717, 1.165) is 23.1 Å². The summed E-state index contributed by atoms with van der Waals surface area (Å²) in [6, 6.07) is 0. The van der Waals surface area contributed by atoms with Gasteiger partial charge in [-0.15, -0.1) is 0 Å². The van der Waals surface area contributed by atoms with Crippen LogP contribution in [0.1, 0.15) is 52.9 Å². The van der Waals surface area contributed by atoms with Gasteiger partial charge >= 0.3 is 5.97 Å². The van der Waals surface area contributed by atoms with Gasteiger partial charge in [0.05, 0.1) is 6.10 Å². The van der Waals surface area contributed by atoms with Crippen molar-refractivity contribution in [2.75, 3.05) is 6.61 Å². The highest BCUT2D eigenvalue weighted by Gasteiger charge is 2.67. The molecule has 6 heteroatoms. The Morgan fingerprint density at radius 1 is 1.28 bits per heavy atom. The summed E-state index contributed by atoms with van der Waals surface area (Å²) in [4.78, 5) is 36.6. The molecular weight excluding hydrogens is 372 g/mol. The maximum Gasteiger partial charge on any atom is 0.303 e. The minimum Gasteiger partial charge on any atom is -0.451 e. The Bertz CT molecular complexity index is 895. The Labute approximate surface area is 170 Å². The highest BCUT2D eigenvalue weighted by Crippen LogP contribution is 2.65. The number of rotatable bonds is 3. The topological polar surface area (TPSA) is 101 Å². The summed E-state index contributed by atoms with van der Waals surface area (Å²) >= 11 is 0. The van der Waals surface area contributed by atoms with Gasteiger partial charge in [-0.05, 0) is 62.7 Å². The maximum atomic E-state index is 12.8. The van der Waals surface area contributed by atoms with Gasteiger partial charge in [-0.25, -0.2) is 0 Å². The molecule has 0 amide bonds. The second-order valence-corrected chi connectivity index (χ2v) is 9.28. The average Bonchev–Trinajstić information content (AvgIpc) is 2.93. The molecule has 5 atom stereocenters. The number of esters is 1. The SMILES string of the molecule is CC(=O)O[C@]1(C(=O)CO)CC[C@H]2C3=C([C@@H](O)C[C@@]21C)[C@@]1(C)C=CC(=O)C=C1CC3. The van der Waals surface area contributed by atoms with E-state index in [1.807, 2.05) is 19.9 Å². The van der Waals surface area contributed by atoms with Crippen LogP contribution in [0.4, 0.5) is 0 Å². The van der Waals surface area contributed by atoms with Crippen molar-refractivity contribution in [3.05, 3.63) is 34.9 Å². The molecule has 29 heavy (non-hydrogen) atoms. The molecule has 6 nitrogen and oxygen atoms in total.